The van der Waals surface area contributed by atoms with E-state index in [2.05, 4.69) is 26.6 Å². The standard InChI is InChI=1S/C57H76N10O17/c1-79-45-20-16-34(29-38(45)51(72)65-42(13-4-8-24-58)54(75)63-33-17-21-48(82-32-49(69)70)37(28-33)50(62)71)64-55(76)43(14-5-9-25-59)66-52(73)39-31-36(19-23-46(39)80-2)84-57(78)44(15-6-10-26-60)67-53(74)40-30-35(18-22-47(40)81-3)83-56(77)41(61)12-7-11-27-68/h16-23,28-31,41-44,68H,4-15,24-27,32,58-61H2,1-3H3,(H2,62,71)(H,63,75)(H,64,76)(H,65,72)(H,66,73)(H,67,74)(H,69,70)/t41-,42-,43-,44-/m0/s1. The smallest absolute Gasteiger partial charge is 0.341 e. The number of anilines is 2. The van der Waals surface area contributed by atoms with E-state index in [1.54, 1.807) is 0 Å². The van der Waals surface area contributed by atoms with Gasteiger partial charge in [-0.3, -0.25) is 28.8 Å². The fraction of sp³-hybridized carbons (Fsp3) is 0.421. The molecule has 0 saturated heterocycles. The zero-order valence-electron chi connectivity index (χ0n) is 47.2. The number of methoxy groups -OCH3 is 3. The Bertz CT molecular complexity index is 2920. The summed E-state index contributed by atoms with van der Waals surface area (Å²) in [7, 11) is 3.94. The van der Waals surface area contributed by atoms with E-state index in [-0.39, 0.29) is 107 Å². The van der Waals surface area contributed by atoms with Gasteiger partial charge in [0.2, 0.25) is 11.8 Å². The Morgan fingerprint density at radius 2 is 0.881 bits per heavy atom. The third-order valence-corrected chi connectivity index (χ3v) is 12.7. The predicted molar refractivity (Wildman–Crippen MR) is 307 cm³/mol. The second-order valence-electron chi connectivity index (χ2n) is 19.0. The summed E-state index contributed by atoms with van der Waals surface area (Å²) in [6.07, 6.45) is 4.14. The first-order valence-corrected chi connectivity index (χ1v) is 27.1. The number of aliphatic hydroxyl groups is 1. The predicted octanol–water partition coefficient (Wildman–Crippen LogP) is 2.24. The highest BCUT2D eigenvalue weighted by Gasteiger charge is 2.30. The lowest BCUT2D eigenvalue weighted by atomic mass is 10.1. The maximum atomic E-state index is 14.2. The average Bonchev–Trinajstić information content (AvgIpc) is 3.66. The number of carboxylic acid groups (broad SMARTS) is 1. The molecule has 84 heavy (non-hydrogen) atoms. The van der Waals surface area contributed by atoms with Crippen LogP contribution in [0.3, 0.4) is 0 Å². The summed E-state index contributed by atoms with van der Waals surface area (Å²) in [5, 5.41) is 31.6. The van der Waals surface area contributed by atoms with Crippen molar-refractivity contribution in [2.45, 2.75) is 101 Å². The van der Waals surface area contributed by atoms with E-state index < -0.39 is 84.1 Å². The summed E-state index contributed by atoms with van der Waals surface area (Å²) in [5.74, 6) is -7.80. The molecule has 27 nitrogen and oxygen atoms in total. The van der Waals surface area contributed by atoms with Crippen LogP contribution < -0.4 is 83.7 Å². The van der Waals surface area contributed by atoms with Gasteiger partial charge in [-0.05, 0) is 169 Å². The van der Waals surface area contributed by atoms with Gasteiger partial charge in [0.25, 0.3) is 23.6 Å². The van der Waals surface area contributed by atoms with Crippen molar-refractivity contribution < 1.29 is 81.8 Å². The van der Waals surface area contributed by atoms with Gasteiger partial charge in [0, 0.05) is 18.0 Å². The molecule has 0 unspecified atom stereocenters. The molecule has 0 aliphatic heterocycles. The minimum Gasteiger partial charge on any atom is -0.496 e. The van der Waals surface area contributed by atoms with Crippen LogP contribution in [0.2, 0.25) is 0 Å². The van der Waals surface area contributed by atoms with Crippen LogP contribution in [0.5, 0.6) is 34.5 Å². The third-order valence-electron chi connectivity index (χ3n) is 12.7. The van der Waals surface area contributed by atoms with Crippen LogP contribution in [0.4, 0.5) is 11.4 Å². The molecule has 0 radical (unpaired) electrons. The highest BCUT2D eigenvalue weighted by molar-refractivity contribution is 6.06. The van der Waals surface area contributed by atoms with Gasteiger partial charge in [-0.2, -0.15) is 0 Å². The van der Waals surface area contributed by atoms with E-state index in [0.717, 1.165) is 0 Å². The van der Waals surface area contributed by atoms with Gasteiger partial charge in [-0.15, -0.1) is 0 Å². The Hall–Kier alpha value is -8.89. The van der Waals surface area contributed by atoms with Gasteiger partial charge in [0.1, 0.15) is 58.7 Å². The molecule has 0 aliphatic carbocycles. The number of esters is 2. The van der Waals surface area contributed by atoms with Gasteiger partial charge in [0.15, 0.2) is 6.61 Å². The zero-order chi connectivity index (χ0) is 61.7. The number of hydrogen-bond donors (Lipinski definition) is 12. The van der Waals surface area contributed by atoms with E-state index in [1.807, 2.05) is 0 Å². The normalized spacial score (nSPS) is 12.2. The van der Waals surface area contributed by atoms with Crippen molar-refractivity contribution >= 4 is 64.7 Å². The van der Waals surface area contributed by atoms with Crippen molar-refractivity contribution in [2.24, 2.45) is 28.7 Å². The van der Waals surface area contributed by atoms with Crippen LogP contribution in [0.1, 0.15) is 118 Å². The van der Waals surface area contributed by atoms with Gasteiger partial charge < -0.3 is 93.9 Å². The fourth-order valence-corrected chi connectivity index (χ4v) is 8.29. The van der Waals surface area contributed by atoms with E-state index >= 15 is 0 Å². The average molecular weight is 1170 g/mol. The van der Waals surface area contributed by atoms with Crippen molar-refractivity contribution in [1.29, 1.82) is 0 Å². The second-order valence-corrected chi connectivity index (χ2v) is 19.0. The molecular formula is C57H76N10O17. The number of aliphatic carboxylic acids is 1. The number of rotatable bonds is 37. The maximum Gasteiger partial charge on any atom is 0.341 e. The van der Waals surface area contributed by atoms with E-state index in [9.17, 15) is 43.2 Å². The molecule has 456 valence electrons. The number of nitrogens with two attached hydrogens (primary N) is 5. The monoisotopic (exact) mass is 1170 g/mol. The Balaban J connectivity index is 1.55. The van der Waals surface area contributed by atoms with Crippen molar-refractivity contribution in [3.05, 3.63) is 95.1 Å². The van der Waals surface area contributed by atoms with Crippen LogP contribution in [0.15, 0.2) is 72.8 Å². The number of benzene rings is 4. The molecule has 0 fully saturated rings. The lowest BCUT2D eigenvalue weighted by Gasteiger charge is -2.21. The summed E-state index contributed by atoms with van der Waals surface area (Å²) >= 11 is 0. The van der Waals surface area contributed by atoms with Crippen molar-refractivity contribution in [1.82, 2.24) is 16.0 Å². The second kappa shape index (κ2) is 35.2. The number of unbranched alkanes of at least 4 members (excludes halogenated alkanes) is 4. The summed E-state index contributed by atoms with van der Waals surface area (Å²) in [6, 6.07) is 11.3. The summed E-state index contributed by atoms with van der Waals surface area (Å²) in [4.78, 5) is 120. The first kappa shape index (κ1) is 67.6. The number of carbonyl (C=O) groups is 9. The molecule has 0 bridgehead atoms. The van der Waals surface area contributed by atoms with Crippen LogP contribution >= 0.6 is 0 Å². The number of carbonyl (C=O) groups excluding carboxylic acids is 8. The van der Waals surface area contributed by atoms with Gasteiger partial charge >= 0.3 is 17.9 Å². The lowest BCUT2D eigenvalue weighted by molar-refractivity contribution is -0.139. The molecule has 0 aromatic heterocycles. The molecule has 0 spiro atoms. The highest BCUT2D eigenvalue weighted by Crippen LogP contribution is 2.29. The minimum atomic E-state index is -1.30. The number of hydrogen-bond acceptors (Lipinski definition) is 20. The molecule has 6 amide bonds. The Morgan fingerprint density at radius 1 is 0.488 bits per heavy atom. The SMILES string of the molecule is COc1ccc(NC(=O)[C@H](CCCCN)NC(=O)c2cc(OC(=O)[C@H](CCCCN)NC(=O)c3cc(OC(=O)[C@@H](N)CCCCO)ccc3OC)ccc2OC)cc1C(=O)N[C@@H](CCCCN)C(=O)Nc1ccc(OCC(=O)O)c(C(N)=O)c1. The molecule has 4 aromatic rings. The first-order valence-electron chi connectivity index (χ1n) is 27.1. The Morgan fingerprint density at radius 3 is 1.31 bits per heavy atom. The largest absolute Gasteiger partial charge is 0.496 e. The number of nitrogens with one attached hydrogen (secondary N) is 5. The van der Waals surface area contributed by atoms with Crippen LogP contribution in [0.25, 0.3) is 0 Å². The topological polar surface area (TPSA) is 440 Å². The summed E-state index contributed by atoms with van der Waals surface area (Å²) in [5.41, 5.74) is 28.4. The number of amides is 6. The fourth-order valence-electron chi connectivity index (χ4n) is 8.29. The quantitative estimate of drug-likeness (QED) is 0.0175. The maximum absolute atomic E-state index is 14.2. The van der Waals surface area contributed by atoms with Crippen LogP contribution in [-0.2, 0) is 24.0 Å². The van der Waals surface area contributed by atoms with Crippen molar-refractivity contribution in [3.8, 4) is 34.5 Å². The minimum absolute atomic E-state index is 0.0197. The molecule has 27 heteroatoms. The van der Waals surface area contributed by atoms with Crippen molar-refractivity contribution in [3.63, 3.8) is 0 Å². The van der Waals surface area contributed by atoms with Crippen LogP contribution in [0, 0.1) is 0 Å². The highest BCUT2D eigenvalue weighted by atomic mass is 16.5. The third kappa shape index (κ3) is 21.1. The molecule has 4 aromatic carbocycles. The van der Waals surface area contributed by atoms with E-state index in [0.29, 0.717) is 64.5 Å². The summed E-state index contributed by atoms with van der Waals surface area (Å²) < 4.78 is 32.7. The molecule has 0 aliphatic rings. The zero-order valence-corrected chi connectivity index (χ0v) is 47.2. The number of carboxylic acids is 1. The molecule has 0 saturated carbocycles. The van der Waals surface area contributed by atoms with Gasteiger partial charge in [-0.1, -0.05) is 0 Å². The molecule has 4 atom stereocenters. The number of aliphatic hydroxyl groups excluding tert-OH is 1. The van der Waals surface area contributed by atoms with Crippen LogP contribution in [-0.4, -0.2) is 142 Å². The Kier molecular flexibility index (Phi) is 28.3. The molecule has 17 N–H and O–H groups in total. The number of primary amides is 1. The van der Waals surface area contributed by atoms with E-state index in [4.69, 9.17) is 67.3 Å². The summed E-state index contributed by atoms with van der Waals surface area (Å²) in [6.45, 7) is 0.0497. The Labute approximate surface area is 485 Å². The molecule has 4 rings (SSSR count). The number of ether oxygens (including phenoxy) is 6. The molecule has 0 heterocycles. The molecular weight excluding hydrogens is 1100 g/mol. The first-order chi connectivity index (χ1) is 40.3. The van der Waals surface area contributed by atoms with Gasteiger partial charge in [0.05, 0.1) is 43.6 Å². The van der Waals surface area contributed by atoms with E-state index in [1.165, 1.54) is 94.1 Å². The van der Waals surface area contributed by atoms with Gasteiger partial charge in [-0.25, -0.2) is 14.4 Å². The lowest BCUT2D eigenvalue weighted by Crippen LogP contribution is -2.44. The van der Waals surface area contributed by atoms with Crippen molar-refractivity contribution in [2.75, 3.05) is 64.8 Å².